The second-order valence-electron chi connectivity index (χ2n) is 9.07. The van der Waals surface area contributed by atoms with Crippen LogP contribution in [0.2, 0.25) is 0 Å². The summed E-state index contributed by atoms with van der Waals surface area (Å²) in [6.45, 7) is 13.9. The van der Waals surface area contributed by atoms with E-state index in [0.717, 1.165) is 45.1 Å². The van der Waals surface area contributed by atoms with Crippen molar-refractivity contribution >= 4 is 39.8 Å². The van der Waals surface area contributed by atoms with Gasteiger partial charge in [0.2, 0.25) is 0 Å². The van der Waals surface area contributed by atoms with Crippen LogP contribution < -0.4 is 5.32 Å². The largest absolute Gasteiger partial charge is 0.357 e. The molecule has 1 aromatic carbocycles. The molecule has 1 atom stereocenters. The normalized spacial score (nSPS) is 17.2. The van der Waals surface area contributed by atoms with Crippen molar-refractivity contribution in [2.45, 2.75) is 46.6 Å². The lowest BCUT2D eigenvalue weighted by atomic mass is 9.90. The molecule has 1 aliphatic heterocycles. The molecule has 1 saturated heterocycles. The van der Waals surface area contributed by atoms with E-state index in [2.05, 4.69) is 73.1 Å². The Labute approximate surface area is 206 Å². The van der Waals surface area contributed by atoms with E-state index in [1.165, 1.54) is 11.8 Å². The van der Waals surface area contributed by atoms with E-state index in [-0.39, 0.29) is 35.1 Å². The Bertz CT molecular complexity index is 776. The fourth-order valence-corrected chi connectivity index (χ4v) is 4.80. The minimum atomic E-state index is -2.95. The number of benzene rings is 1. The topological polar surface area (TPSA) is 65.0 Å². The molecule has 178 valence electrons. The molecule has 1 fully saturated rings. The second-order valence-corrected chi connectivity index (χ2v) is 11.3. The van der Waals surface area contributed by atoms with Gasteiger partial charge in [0.1, 0.15) is 9.84 Å². The molecule has 0 bridgehead atoms. The van der Waals surface area contributed by atoms with Gasteiger partial charge in [0.05, 0.1) is 5.75 Å². The lowest BCUT2D eigenvalue weighted by Crippen LogP contribution is -2.53. The quantitative estimate of drug-likeness (QED) is 0.281. The van der Waals surface area contributed by atoms with Crippen molar-refractivity contribution in [2.24, 2.45) is 10.4 Å². The molecule has 0 aromatic heterocycles. The van der Waals surface area contributed by atoms with Crippen LogP contribution in [0.15, 0.2) is 35.3 Å². The number of nitrogens with zero attached hydrogens (tertiary/aromatic N) is 3. The summed E-state index contributed by atoms with van der Waals surface area (Å²) in [6.07, 6.45) is 3.03. The molecule has 0 saturated carbocycles. The lowest BCUT2D eigenvalue weighted by molar-refractivity contribution is 0.126. The molecule has 0 spiro atoms. The highest BCUT2D eigenvalue weighted by molar-refractivity contribution is 14.0. The van der Waals surface area contributed by atoms with Gasteiger partial charge in [-0.1, -0.05) is 51.1 Å². The number of hydrogen-bond donors (Lipinski definition) is 1. The molecule has 1 heterocycles. The second kappa shape index (κ2) is 13.0. The number of hydrogen-bond acceptors (Lipinski definition) is 4. The zero-order valence-electron chi connectivity index (χ0n) is 19.8. The number of rotatable bonds is 9. The third kappa shape index (κ3) is 9.65. The van der Waals surface area contributed by atoms with E-state index >= 15 is 0 Å². The maximum Gasteiger partial charge on any atom is 0.194 e. The van der Waals surface area contributed by atoms with Gasteiger partial charge in [-0.05, 0) is 30.7 Å². The third-order valence-electron chi connectivity index (χ3n) is 5.77. The number of nitrogens with one attached hydrogen (secondary N) is 1. The first-order valence-corrected chi connectivity index (χ1v) is 13.2. The molecule has 1 aromatic rings. The number of sulfone groups is 1. The van der Waals surface area contributed by atoms with Crippen LogP contribution >= 0.6 is 24.0 Å². The van der Waals surface area contributed by atoms with Gasteiger partial charge >= 0.3 is 0 Å². The van der Waals surface area contributed by atoms with Crippen molar-refractivity contribution in [1.82, 2.24) is 15.1 Å². The molecule has 0 radical (unpaired) electrons. The van der Waals surface area contributed by atoms with Gasteiger partial charge in [-0.2, -0.15) is 0 Å². The fraction of sp³-hybridized carbons (Fsp3) is 0.696. The van der Waals surface area contributed by atoms with Crippen LogP contribution in [0, 0.1) is 5.41 Å². The summed E-state index contributed by atoms with van der Waals surface area (Å²) < 4.78 is 23.0. The maximum atomic E-state index is 11.5. The van der Waals surface area contributed by atoms with Crippen LogP contribution in [0.5, 0.6) is 0 Å². The monoisotopic (exact) mass is 564 g/mol. The molecule has 1 aliphatic rings. The van der Waals surface area contributed by atoms with E-state index in [0.29, 0.717) is 19.0 Å². The van der Waals surface area contributed by atoms with Crippen molar-refractivity contribution in [2.75, 3.05) is 51.3 Å². The Morgan fingerprint density at radius 2 is 1.74 bits per heavy atom. The highest BCUT2D eigenvalue weighted by Crippen LogP contribution is 2.25. The summed E-state index contributed by atoms with van der Waals surface area (Å²) in [5, 5.41) is 3.43. The van der Waals surface area contributed by atoms with Crippen LogP contribution in [-0.2, 0) is 9.84 Å². The summed E-state index contributed by atoms with van der Waals surface area (Å²) in [5.74, 6) is 1.15. The van der Waals surface area contributed by atoms with Gasteiger partial charge in [-0.25, -0.2) is 8.42 Å². The number of guanidine groups is 1. The predicted molar refractivity (Wildman–Crippen MR) is 142 cm³/mol. The number of piperazine rings is 1. The summed E-state index contributed by atoms with van der Waals surface area (Å²) in [4.78, 5) is 9.79. The standard InChI is InChI=1S/C23H40N4O2S.HI/c1-6-21(20-11-9-8-10-12-20)26-14-16-27(17-15-26)22(24-7-2)25-19-23(3,4)13-18-30(5,28)29;/h8-12,21H,6-7,13-19H2,1-5H3,(H,24,25);1H. The average Bonchev–Trinajstić information content (AvgIpc) is 2.71. The molecule has 2 rings (SSSR count). The van der Waals surface area contributed by atoms with Gasteiger partial charge in [0.15, 0.2) is 5.96 Å². The van der Waals surface area contributed by atoms with Crippen molar-refractivity contribution in [3.63, 3.8) is 0 Å². The Kier molecular flexibility index (Phi) is 11.8. The molecule has 8 heteroatoms. The van der Waals surface area contributed by atoms with Crippen molar-refractivity contribution < 1.29 is 8.42 Å². The minimum absolute atomic E-state index is 0. The van der Waals surface area contributed by atoms with Crippen molar-refractivity contribution in [3.8, 4) is 0 Å². The first-order valence-electron chi connectivity index (χ1n) is 11.1. The summed E-state index contributed by atoms with van der Waals surface area (Å²) in [6, 6.07) is 11.2. The molecule has 1 N–H and O–H groups in total. The Hall–Kier alpha value is -0.870. The van der Waals surface area contributed by atoms with E-state index in [1.807, 2.05) is 0 Å². The minimum Gasteiger partial charge on any atom is -0.357 e. The Morgan fingerprint density at radius 3 is 2.26 bits per heavy atom. The Balaban J connectivity index is 0.00000480. The molecule has 0 aliphatic carbocycles. The summed E-state index contributed by atoms with van der Waals surface area (Å²) >= 11 is 0. The summed E-state index contributed by atoms with van der Waals surface area (Å²) in [7, 11) is -2.95. The summed E-state index contributed by atoms with van der Waals surface area (Å²) in [5.41, 5.74) is 1.24. The molecule has 0 amide bonds. The van der Waals surface area contributed by atoms with Crippen LogP contribution in [0.4, 0.5) is 0 Å². The highest BCUT2D eigenvalue weighted by atomic mass is 127. The van der Waals surface area contributed by atoms with Crippen LogP contribution in [0.25, 0.3) is 0 Å². The van der Waals surface area contributed by atoms with Gasteiger partial charge < -0.3 is 10.2 Å². The van der Waals surface area contributed by atoms with Crippen molar-refractivity contribution in [1.29, 1.82) is 0 Å². The van der Waals surface area contributed by atoms with Crippen LogP contribution in [-0.4, -0.2) is 75.5 Å². The van der Waals surface area contributed by atoms with Crippen LogP contribution in [0.3, 0.4) is 0 Å². The van der Waals surface area contributed by atoms with E-state index < -0.39 is 9.84 Å². The molecular weight excluding hydrogens is 523 g/mol. The van der Waals surface area contributed by atoms with Gasteiger partial charge in [0, 0.05) is 51.6 Å². The smallest absolute Gasteiger partial charge is 0.194 e. The van der Waals surface area contributed by atoms with Gasteiger partial charge in [-0.15, -0.1) is 24.0 Å². The first-order chi connectivity index (χ1) is 14.1. The third-order valence-corrected chi connectivity index (χ3v) is 6.71. The van der Waals surface area contributed by atoms with Crippen LogP contribution in [0.1, 0.15) is 52.1 Å². The number of halogens is 1. The molecular formula is C23H41IN4O2S. The zero-order chi connectivity index (χ0) is 22.2. The van der Waals surface area contributed by atoms with Gasteiger partial charge in [-0.3, -0.25) is 9.89 Å². The Morgan fingerprint density at radius 1 is 1.13 bits per heavy atom. The molecule has 6 nitrogen and oxygen atoms in total. The zero-order valence-corrected chi connectivity index (χ0v) is 22.9. The maximum absolute atomic E-state index is 11.5. The number of aliphatic imine (C=N–C) groups is 1. The average molecular weight is 565 g/mol. The van der Waals surface area contributed by atoms with Gasteiger partial charge in [0.25, 0.3) is 0 Å². The van der Waals surface area contributed by atoms with E-state index in [1.54, 1.807) is 0 Å². The SMILES string of the molecule is CCNC(=NCC(C)(C)CCS(C)(=O)=O)N1CCN(C(CC)c2ccccc2)CC1.I. The highest BCUT2D eigenvalue weighted by Gasteiger charge is 2.26. The van der Waals surface area contributed by atoms with Crippen molar-refractivity contribution in [3.05, 3.63) is 35.9 Å². The first kappa shape index (κ1) is 28.2. The fourth-order valence-electron chi connectivity index (χ4n) is 3.88. The molecule has 31 heavy (non-hydrogen) atoms. The van der Waals surface area contributed by atoms with E-state index in [9.17, 15) is 8.42 Å². The lowest BCUT2D eigenvalue weighted by Gasteiger charge is -2.40. The molecule has 1 unspecified atom stereocenters. The van der Waals surface area contributed by atoms with E-state index in [4.69, 9.17) is 4.99 Å². The predicted octanol–water partition coefficient (Wildman–Crippen LogP) is 3.80.